The van der Waals surface area contributed by atoms with Gasteiger partial charge in [0.25, 0.3) is 0 Å². The summed E-state index contributed by atoms with van der Waals surface area (Å²) < 4.78 is 7.58. The van der Waals surface area contributed by atoms with Gasteiger partial charge in [-0.2, -0.15) is 0 Å². The Bertz CT molecular complexity index is 1100. The first-order valence-corrected chi connectivity index (χ1v) is 12.0. The lowest BCUT2D eigenvalue weighted by molar-refractivity contribution is -0.148. The summed E-state index contributed by atoms with van der Waals surface area (Å²) in [4.78, 5) is 29.4. The lowest BCUT2D eigenvalue weighted by Gasteiger charge is -2.24. The number of nitrogens with zero attached hydrogens (tertiary/aromatic N) is 2. The van der Waals surface area contributed by atoms with E-state index in [-0.39, 0.29) is 18.9 Å². The van der Waals surface area contributed by atoms with Gasteiger partial charge in [-0.25, -0.2) is 4.98 Å². The fourth-order valence-corrected chi connectivity index (χ4v) is 4.22. The van der Waals surface area contributed by atoms with Crippen LogP contribution in [-0.2, 0) is 33.9 Å². The maximum atomic E-state index is 13.1. The molecule has 0 aliphatic carbocycles. The van der Waals surface area contributed by atoms with Gasteiger partial charge in [0.05, 0.1) is 6.33 Å². The van der Waals surface area contributed by atoms with Crippen LogP contribution in [-0.4, -0.2) is 38.7 Å². The number of aryl methyl sites for hydroxylation is 2. The summed E-state index contributed by atoms with van der Waals surface area (Å²) in [5.74, 6) is -1.31. The van der Waals surface area contributed by atoms with Crippen LogP contribution in [0.3, 0.4) is 0 Å². The number of hydrogen-bond acceptors (Lipinski definition) is 5. The van der Waals surface area contributed by atoms with Gasteiger partial charge in [0, 0.05) is 24.9 Å². The maximum absolute atomic E-state index is 13.1. The number of benzene rings is 2. The molecule has 2 atom stereocenters. The van der Waals surface area contributed by atoms with Gasteiger partial charge in [-0.05, 0) is 37.3 Å². The van der Waals surface area contributed by atoms with Crippen molar-refractivity contribution in [1.29, 1.82) is 0 Å². The molecule has 35 heavy (non-hydrogen) atoms. The van der Waals surface area contributed by atoms with Gasteiger partial charge in [-0.3, -0.25) is 14.9 Å². The number of hydrogen-bond donors (Lipinski definition) is 2. The largest absolute Gasteiger partial charge is 0.480 e. The zero-order valence-corrected chi connectivity index (χ0v) is 20.9. The molecule has 0 aliphatic rings. The molecule has 0 spiro atoms. The van der Waals surface area contributed by atoms with E-state index < -0.39 is 24.0 Å². The van der Waals surface area contributed by atoms with Crippen LogP contribution in [0.4, 0.5) is 0 Å². The molecule has 7 nitrogen and oxygen atoms in total. The van der Waals surface area contributed by atoms with E-state index in [4.69, 9.17) is 4.74 Å². The predicted octanol–water partition coefficient (Wildman–Crippen LogP) is 4.29. The van der Waals surface area contributed by atoms with Gasteiger partial charge in [0.1, 0.15) is 18.7 Å². The second-order valence-corrected chi connectivity index (χ2v) is 9.55. The summed E-state index contributed by atoms with van der Waals surface area (Å²) in [6.45, 7) is 8.78. The van der Waals surface area contributed by atoms with Crippen LogP contribution in [0.5, 0.6) is 0 Å². The number of carbonyl (C=O) groups is 2. The van der Waals surface area contributed by atoms with Crippen molar-refractivity contribution in [2.24, 2.45) is 5.92 Å². The van der Waals surface area contributed by atoms with Crippen molar-refractivity contribution in [3.8, 4) is 0 Å². The highest BCUT2D eigenvalue weighted by Gasteiger charge is 2.29. The van der Waals surface area contributed by atoms with E-state index in [1.807, 2.05) is 48.7 Å². The second-order valence-electron chi connectivity index (χ2n) is 9.55. The first kappa shape index (κ1) is 26.2. The topological polar surface area (TPSA) is 93.5 Å². The number of esters is 1. The average Bonchev–Trinajstić information content (AvgIpc) is 3.22. The number of carboxylic acids is 1. The minimum atomic E-state index is -0.983. The molecule has 0 radical (unpaired) electrons. The molecule has 2 N–H and O–H groups in total. The molecule has 0 aliphatic heterocycles. The lowest BCUT2D eigenvalue weighted by Crippen LogP contribution is -2.49. The quantitative estimate of drug-likeness (QED) is 0.378. The van der Waals surface area contributed by atoms with E-state index in [1.54, 1.807) is 12.5 Å². The van der Waals surface area contributed by atoms with Crippen LogP contribution in [0.25, 0.3) is 0 Å². The standard InChI is InChI=1S/C28H35N3O4/c1-19(2)10-25(27(32)33)30-26(28(34)35-17-22-8-6-5-7-9-22)14-24-15-29-18-31(24)16-23-12-20(3)11-21(4)13-23/h5-9,11-13,15,18-19,25-26,30H,10,14,16-17H2,1-4H3,(H,32,33)/t25-,26-/m0/s1. The summed E-state index contributed by atoms with van der Waals surface area (Å²) in [5.41, 5.74) is 5.21. The number of ether oxygens (including phenoxy) is 1. The summed E-state index contributed by atoms with van der Waals surface area (Å²) in [6.07, 6.45) is 4.13. The van der Waals surface area contributed by atoms with Crippen molar-refractivity contribution in [1.82, 2.24) is 14.9 Å². The minimum Gasteiger partial charge on any atom is -0.480 e. The molecular formula is C28H35N3O4. The number of imidazole rings is 1. The van der Waals surface area contributed by atoms with E-state index in [0.717, 1.165) is 16.8 Å². The zero-order chi connectivity index (χ0) is 25.4. The van der Waals surface area contributed by atoms with Crippen LogP contribution in [0.15, 0.2) is 61.1 Å². The van der Waals surface area contributed by atoms with Gasteiger partial charge in [-0.15, -0.1) is 0 Å². The summed E-state index contributed by atoms with van der Waals surface area (Å²) in [7, 11) is 0. The molecule has 186 valence electrons. The normalized spacial score (nSPS) is 12.9. The maximum Gasteiger partial charge on any atom is 0.323 e. The van der Waals surface area contributed by atoms with Crippen molar-refractivity contribution in [2.45, 2.75) is 65.8 Å². The molecule has 7 heteroatoms. The number of aliphatic carboxylic acids is 1. The van der Waals surface area contributed by atoms with Crippen molar-refractivity contribution in [2.75, 3.05) is 0 Å². The SMILES string of the molecule is Cc1cc(C)cc(Cn2cncc2C[C@H](N[C@@H](CC(C)C)C(=O)O)C(=O)OCc2ccccc2)c1. The molecule has 2 aromatic carbocycles. The molecular weight excluding hydrogens is 442 g/mol. The van der Waals surface area contributed by atoms with Crippen LogP contribution in [0.1, 0.15) is 48.2 Å². The third-order valence-corrected chi connectivity index (χ3v) is 5.76. The van der Waals surface area contributed by atoms with Crippen LogP contribution >= 0.6 is 0 Å². The number of aromatic nitrogens is 2. The fraction of sp³-hybridized carbons (Fsp3) is 0.393. The summed E-state index contributed by atoms with van der Waals surface area (Å²) in [5, 5.41) is 12.8. The van der Waals surface area contributed by atoms with Gasteiger partial charge in [0.15, 0.2) is 0 Å². The van der Waals surface area contributed by atoms with Gasteiger partial charge in [-0.1, -0.05) is 73.5 Å². The van der Waals surface area contributed by atoms with Crippen molar-refractivity contribution in [3.05, 3.63) is 89.0 Å². The Morgan fingerprint density at radius 1 is 1.03 bits per heavy atom. The number of carbonyl (C=O) groups excluding carboxylic acids is 1. The van der Waals surface area contributed by atoms with Gasteiger partial charge < -0.3 is 14.4 Å². The molecule has 1 heterocycles. The molecule has 3 rings (SSSR count). The Hall–Kier alpha value is -3.45. The molecule has 0 saturated heterocycles. The first-order chi connectivity index (χ1) is 16.7. The van der Waals surface area contributed by atoms with Crippen molar-refractivity contribution >= 4 is 11.9 Å². The fourth-order valence-electron chi connectivity index (χ4n) is 4.22. The number of nitrogens with one attached hydrogen (secondary N) is 1. The smallest absolute Gasteiger partial charge is 0.323 e. The number of rotatable bonds is 12. The van der Waals surface area contributed by atoms with E-state index in [1.165, 1.54) is 11.1 Å². The minimum absolute atomic E-state index is 0.127. The summed E-state index contributed by atoms with van der Waals surface area (Å²) >= 11 is 0. The van der Waals surface area contributed by atoms with E-state index in [9.17, 15) is 14.7 Å². The number of carboxylic acid groups (broad SMARTS) is 1. The molecule has 1 aromatic heterocycles. The summed E-state index contributed by atoms with van der Waals surface area (Å²) in [6, 6.07) is 14.1. The van der Waals surface area contributed by atoms with E-state index in [0.29, 0.717) is 13.0 Å². The zero-order valence-electron chi connectivity index (χ0n) is 20.9. The Balaban J connectivity index is 1.80. The Morgan fingerprint density at radius 2 is 1.71 bits per heavy atom. The predicted molar refractivity (Wildman–Crippen MR) is 135 cm³/mol. The highest BCUT2D eigenvalue weighted by Crippen LogP contribution is 2.15. The molecule has 0 unspecified atom stereocenters. The highest BCUT2D eigenvalue weighted by molar-refractivity contribution is 5.79. The molecule has 0 amide bonds. The Kier molecular flexibility index (Phi) is 9.20. The van der Waals surface area contributed by atoms with Crippen LogP contribution in [0.2, 0.25) is 0 Å². The third-order valence-electron chi connectivity index (χ3n) is 5.76. The van der Waals surface area contributed by atoms with Gasteiger partial charge in [0.2, 0.25) is 0 Å². The lowest BCUT2D eigenvalue weighted by atomic mass is 10.0. The Labute approximate surface area is 207 Å². The third kappa shape index (κ3) is 8.07. The first-order valence-electron chi connectivity index (χ1n) is 12.0. The molecule has 0 bridgehead atoms. The van der Waals surface area contributed by atoms with E-state index in [2.05, 4.69) is 42.3 Å². The monoisotopic (exact) mass is 477 g/mol. The van der Waals surface area contributed by atoms with Crippen LogP contribution < -0.4 is 5.32 Å². The van der Waals surface area contributed by atoms with Crippen molar-refractivity contribution in [3.63, 3.8) is 0 Å². The molecule has 0 saturated carbocycles. The Morgan fingerprint density at radius 3 is 2.34 bits per heavy atom. The second kappa shape index (κ2) is 12.3. The van der Waals surface area contributed by atoms with Gasteiger partial charge >= 0.3 is 11.9 Å². The highest BCUT2D eigenvalue weighted by atomic mass is 16.5. The van der Waals surface area contributed by atoms with Crippen molar-refractivity contribution < 1.29 is 19.4 Å². The van der Waals surface area contributed by atoms with E-state index >= 15 is 0 Å². The molecule has 3 aromatic rings. The average molecular weight is 478 g/mol. The molecule has 0 fully saturated rings. The van der Waals surface area contributed by atoms with Crippen LogP contribution in [0, 0.1) is 19.8 Å².